The molecule has 1 aliphatic heterocycles. The molecule has 0 amide bonds. The summed E-state index contributed by atoms with van der Waals surface area (Å²) >= 11 is 0. The first-order valence-corrected chi connectivity index (χ1v) is 9.25. The van der Waals surface area contributed by atoms with E-state index in [1.807, 2.05) is 23.9 Å². The van der Waals surface area contributed by atoms with Crippen LogP contribution in [0.4, 0.5) is 11.5 Å². The Hall–Kier alpha value is -2.61. The molecular weight excluding hydrogens is 324 g/mol. The van der Waals surface area contributed by atoms with E-state index in [-0.39, 0.29) is 5.78 Å². The second-order valence-electron chi connectivity index (χ2n) is 6.74. The van der Waals surface area contributed by atoms with E-state index in [4.69, 9.17) is 10.4 Å². The van der Waals surface area contributed by atoms with E-state index in [1.165, 1.54) is 30.7 Å². The highest BCUT2D eigenvalue weighted by Crippen LogP contribution is 2.37. The van der Waals surface area contributed by atoms with Crippen LogP contribution >= 0.6 is 0 Å². The molecule has 5 nitrogen and oxygen atoms in total. The molecule has 0 bridgehead atoms. The first-order chi connectivity index (χ1) is 12.4. The summed E-state index contributed by atoms with van der Waals surface area (Å²) in [5.74, 6) is 1.24. The van der Waals surface area contributed by atoms with Crippen molar-refractivity contribution in [3.05, 3.63) is 40.6 Å². The molecule has 2 aromatic rings. The molecule has 0 aliphatic carbocycles. The first kappa shape index (κ1) is 19.7. The molecule has 0 radical (unpaired) electrons. The van der Waals surface area contributed by atoms with E-state index in [1.54, 1.807) is 0 Å². The van der Waals surface area contributed by atoms with Gasteiger partial charge in [-0.1, -0.05) is 26.3 Å². The SMILES string of the molecule is CC(C)=O.CCCc1c(CC)c(N2CCc3ccc(C#N)cc32)nn1C. The summed E-state index contributed by atoms with van der Waals surface area (Å²) in [5, 5.41) is 14.0. The highest BCUT2D eigenvalue weighted by atomic mass is 16.1. The predicted molar refractivity (Wildman–Crippen MR) is 105 cm³/mol. The number of Topliss-reactive ketones (excluding diaryl/α,β-unsaturated/α-hetero) is 1. The van der Waals surface area contributed by atoms with Gasteiger partial charge in [0.2, 0.25) is 0 Å². The Balaban J connectivity index is 0.000000552. The van der Waals surface area contributed by atoms with Gasteiger partial charge in [0, 0.05) is 30.5 Å². The summed E-state index contributed by atoms with van der Waals surface area (Å²) in [4.78, 5) is 11.7. The van der Waals surface area contributed by atoms with E-state index in [0.29, 0.717) is 5.56 Å². The fourth-order valence-corrected chi connectivity index (χ4v) is 3.38. The Morgan fingerprint density at radius 3 is 2.58 bits per heavy atom. The van der Waals surface area contributed by atoms with E-state index in [9.17, 15) is 4.79 Å². The zero-order chi connectivity index (χ0) is 19.3. The molecule has 0 fully saturated rings. The quantitative estimate of drug-likeness (QED) is 0.831. The van der Waals surface area contributed by atoms with Gasteiger partial charge in [0.25, 0.3) is 0 Å². The van der Waals surface area contributed by atoms with Crippen LogP contribution in [0, 0.1) is 11.3 Å². The van der Waals surface area contributed by atoms with Gasteiger partial charge >= 0.3 is 0 Å². The number of benzene rings is 1. The maximum Gasteiger partial charge on any atom is 0.158 e. The van der Waals surface area contributed by atoms with Crippen LogP contribution in [-0.4, -0.2) is 22.1 Å². The Kier molecular flexibility index (Phi) is 6.57. The summed E-state index contributed by atoms with van der Waals surface area (Å²) in [6.45, 7) is 8.40. The topological polar surface area (TPSA) is 61.9 Å². The van der Waals surface area contributed by atoms with Crippen molar-refractivity contribution in [2.45, 2.75) is 53.4 Å². The molecule has 1 aromatic carbocycles. The maximum atomic E-state index is 9.44. The molecular formula is C21H28N4O. The van der Waals surface area contributed by atoms with Crippen LogP contribution in [0.25, 0.3) is 0 Å². The average Bonchev–Trinajstić information content (AvgIpc) is 3.15. The lowest BCUT2D eigenvalue weighted by molar-refractivity contribution is -0.114. The van der Waals surface area contributed by atoms with Gasteiger partial charge in [-0.3, -0.25) is 4.68 Å². The predicted octanol–water partition coefficient (Wildman–Crippen LogP) is 4.10. The Morgan fingerprint density at radius 1 is 1.31 bits per heavy atom. The van der Waals surface area contributed by atoms with Gasteiger partial charge in [-0.2, -0.15) is 10.4 Å². The van der Waals surface area contributed by atoms with Crippen molar-refractivity contribution in [2.75, 3.05) is 11.4 Å². The van der Waals surface area contributed by atoms with Crippen LogP contribution in [0.3, 0.4) is 0 Å². The van der Waals surface area contributed by atoms with Crippen LogP contribution in [0.1, 0.15) is 56.5 Å². The summed E-state index contributed by atoms with van der Waals surface area (Å²) in [5.41, 5.74) is 5.86. The lowest BCUT2D eigenvalue weighted by Crippen LogP contribution is -2.15. The van der Waals surface area contributed by atoms with Gasteiger partial charge in [-0.25, -0.2) is 0 Å². The molecule has 0 saturated carbocycles. The zero-order valence-corrected chi connectivity index (χ0v) is 16.5. The number of hydrogen-bond acceptors (Lipinski definition) is 4. The van der Waals surface area contributed by atoms with E-state index in [0.717, 1.165) is 43.7 Å². The maximum absolute atomic E-state index is 9.44. The van der Waals surface area contributed by atoms with Gasteiger partial charge < -0.3 is 9.69 Å². The molecule has 1 aliphatic rings. The van der Waals surface area contributed by atoms with Gasteiger partial charge in [0.1, 0.15) is 5.78 Å². The number of fused-ring (bicyclic) bond motifs is 1. The van der Waals surface area contributed by atoms with Crippen molar-refractivity contribution >= 4 is 17.3 Å². The summed E-state index contributed by atoms with van der Waals surface area (Å²) in [6.07, 6.45) is 4.19. The van der Waals surface area contributed by atoms with Crippen molar-refractivity contribution in [3.8, 4) is 6.07 Å². The highest BCUT2D eigenvalue weighted by molar-refractivity contribution is 5.72. The minimum absolute atomic E-state index is 0.167. The number of nitrogens with zero attached hydrogens (tertiary/aromatic N) is 4. The molecule has 1 aromatic heterocycles. The van der Waals surface area contributed by atoms with Crippen molar-refractivity contribution in [2.24, 2.45) is 7.05 Å². The number of hydrogen-bond donors (Lipinski definition) is 0. The van der Waals surface area contributed by atoms with Gasteiger partial charge in [0.05, 0.1) is 11.6 Å². The monoisotopic (exact) mass is 352 g/mol. The normalized spacial score (nSPS) is 12.2. The van der Waals surface area contributed by atoms with Gasteiger partial charge in [-0.05, 0) is 50.8 Å². The third-order valence-electron chi connectivity index (χ3n) is 4.46. The summed E-state index contributed by atoms with van der Waals surface area (Å²) < 4.78 is 2.03. The fourth-order valence-electron chi connectivity index (χ4n) is 3.38. The lowest BCUT2D eigenvalue weighted by Gasteiger charge is -2.18. The Labute approximate surface area is 156 Å². The van der Waals surface area contributed by atoms with Gasteiger partial charge in [0.15, 0.2) is 5.82 Å². The molecule has 138 valence electrons. The minimum Gasteiger partial charge on any atom is -0.324 e. The molecule has 0 unspecified atom stereocenters. The van der Waals surface area contributed by atoms with Crippen molar-refractivity contribution in [1.82, 2.24) is 9.78 Å². The van der Waals surface area contributed by atoms with E-state index in [2.05, 4.69) is 30.9 Å². The van der Waals surface area contributed by atoms with Crippen molar-refractivity contribution in [1.29, 1.82) is 5.26 Å². The molecule has 0 N–H and O–H groups in total. The molecule has 0 saturated heterocycles. The molecule has 5 heteroatoms. The Bertz CT molecular complexity index is 825. The van der Waals surface area contributed by atoms with Crippen molar-refractivity contribution in [3.63, 3.8) is 0 Å². The van der Waals surface area contributed by atoms with Crippen LogP contribution in [-0.2, 0) is 31.1 Å². The van der Waals surface area contributed by atoms with Crippen LogP contribution in [0.15, 0.2) is 18.2 Å². The lowest BCUT2D eigenvalue weighted by atomic mass is 10.1. The summed E-state index contributed by atoms with van der Waals surface area (Å²) in [6, 6.07) is 8.22. The second kappa shape index (κ2) is 8.66. The average molecular weight is 352 g/mol. The molecule has 0 spiro atoms. The van der Waals surface area contributed by atoms with E-state index >= 15 is 0 Å². The fraction of sp³-hybridized carbons (Fsp3) is 0.476. The molecule has 2 heterocycles. The molecule has 0 atom stereocenters. The number of carbonyl (C=O) groups is 1. The highest BCUT2D eigenvalue weighted by Gasteiger charge is 2.26. The third-order valence-corrected chi connectivity index (χ3v) is 4.46. The number of nitriles is 1. The third kappa shape index (κ3) is 4.13. The standard InChI is InChI=1S/C18H22N4.C3H6O/c1-4-6-16-15(5-2)18(20-21(16)3)22-10-9-14-8-7-13(12-19)11-17(14)22;1-3(2)4/h7-8,11H,4-6,9-10H2,1-3H3;1-2H3. The molecule has 3 rings (SSSR count). The number of aromatic nitrogens is 2. The molecule has 26 heavy (non-hydrogen) atoms. The number of ketones is 1. The second-order valence-corrected chi connectivity index (χ2v) is 6.74. The largest absolute Gasteiger partial charge is 0.324 e. The minimum atomic E-state index is 0.167. The van der Waals surface area contributed by atoms with Crippen LogP contribution in [0.5, 0.6) is 0 Å². The number of aryl methyl sites for hydroxylation is 1. The van der Waals surface area contributed by atoms with Gasteiger partial charge in [-0.15, -0.1) is 0 Å². The Morgan fingerprint density at radius 2 is 2.00 bits per heavy atom. The number of carbonyl (C=O) groups excluding carboxylic acids is 1. The first-order valence-electron chi connectivity index (χ1n) is 9.25. The smallest absolute Gasteiger partial charge is 0.158 e. The van der Waals surface area contributed by atoms with Crippen molar-refractivity contribution < 1.29 is 4.79 Å². The van der Waals surface area contributed by atoms with Crippen LogP contribution in [0.2, 0.25) is 0 Å². The number of rotatable bonds is 4. The van der Waals surface area contributed by atoms with E-state index < -0.39 is 0 Å². The summed E-state index contributed by atoms with van der Waals surface area (Å²) in [7, 11) is 2.04. The zero-order valence-electron chi connectivity index (χ0n) is 16.5. The van der Waals surface area contributed by atoms with Crippen LogP contribution < -0.4 is 4.90 Å². The number of anilines is 2.